The molecule has 1 heterocycles. The molecule has 20 heavy (non-hydrogen) atoms. The van der Waals surface area contributed by atoms with E-state index in [1.165, 1.54) is 19.3 Å². The fourth-order valence-corrected chi connectivity index (χ4v) is 4.98. The van der Waals surface area contributed by atoms with Crippen LogP contribution in [0, 0.1) is 29.6 Å². The van der Waals surface area contributed by atoms with Gasteiger partial charge in [0.05, 0.1) is 6.54 Å². The molecule has 0 aromatic heterocycles. The first-order chi connectivity index (χ1) is 9.75. The number of nitrogens with zero attached hydrogens (tertiary/aromatic N) is 1. The summed E-state index contributed by atoms with van der Waals surface area (Å²) in [5.41, 5.74) is 0. The Morgan fingerprint density at radius 2 is 1.75 bits per heavy atom. The van der Waals surface area contributed by atoms with Gasteiger partial charge in [-0.2, -0.15) is 0 Å². The van der Waals surface area contributed by atoms with Gasteiger partial charge >= 0.3 is 0 Å². The standard InChI is InChI=1S/C15H23N3O2/c19-11(18-5-3-16-4-6-18)8-17-15(20)14-12-9-1-2-10(7-9)13(12)14/h9-10,12-14,16H,1-8H2,(H,17,20). The van der Waals surface area contributed by atoms with E-state index in [1.54, 1.807) is 0 Å². The molecule has 0 aromatic carbocycles. The van der Waals surface area contributed by atoms with Crippen molar-refractivity contribution in [2.45, 2.75) is 19.3 Å². The minimum atomic E-state index is 0.0635. The largest absolute Gasteiger partial charge is 0.347 e. The Labute approximate surface area is 119 Å². The lowest BCUT2D eigenvalue weighted by Crippen LogP contribution is -2.49. The van der Waals surface area contributed by atoms with Crippen LogP contribution in [0.25, 0.3) is 0 Å². The molecule has 4 atom stereocenters. The van der Waals surface area contributed by atoms with Crippen molar-refractivity contribution in [3.63, 3.8) is 0 Å². The fourth-order valence-electron chi connectivity index (χ4n) is 4.98. The average molecular weight is 277 g/mol. The first-order valence-corrected chi connectivity index (χ1v) is 8.02. The van der Waals surface area contributed by atoms with E-state index in [0.717, 1.165) is 38.0 Å². The van der Waals surface area contributed by atoms with Gasteiger partial charge in [0.15, 0.2) is 0 Å². The van der Waals surface area contributed by atoms with Crippen molar-refractivity contribution in [1.82, 2.24) is 15.5 Å². The molecule has 0 aromatic rings. The van der Waals surface area contributed by atoms with Crippen LogP contribution in [0.5, 0.6) is 0 Å². The van der Waals surface area contributed by atoms with Crippen LogP contribution in [0.1, 0.15) is 19.3 Å². The number of amides is 2. The highest BCUT2D eigenvalue weighted by Gasteiger charge is 2.67. The monoisotopic (exact) mass is 277 g/mol. The second-order valence-electron chi connectivity index (χ2n) is 6.86. The van der Waals surface area contributed by atoms with Crippen LogP contribution in [-0.4, -0.2) is 49.4 Å². The summed E-state index contributed by atoms with van der Waals surface area (Å²) in [7, 11) is 0. The Morgan fingerprint density at radius 3 is 2.40 bits per heavy atom. The van der Waals surface area contributed by atoms with Crippen molar-refractivity contribution in [1.29, 1.82) is 0 Å². The zero-order chi connectivity index (χ0) is 13.7. The third-order valence-electron chi connectivity index (χ3n) is 5.92. The fraction of sp³-hybridized carbons (Fsp3) is 0.867. The smallest absolute Gasteiger partial charge is 0.242 e. The van der Waals surface area contributed by atoms with Gasteiger partial charge in [-0.05, 0) is 42.9 Å². The number of piperazine rings is 1. The number of fused-ring (bicyclic) bond motifs is 5. The molecule has 3 saturated carbocycles. The summed E-state index contributed by atoms with van der Waals surface area (Å²) in [4.78, 5) is 26.1. The highest BCUT2D eigenvalue weighted by Crippen LogP contribution is 2.69. The van der Waals surface area contributed by atoms with Crippen LogP contribution in [-0.2, 0) is 9.59 Å². The molecule has 5 heteroatoms. The molecule has 110 valence electrons. The predicted molar refractivity (Wildman–Crippen MR) is 73.8 cm³/mol. The van der Waals surface area contributed by atoms with E-state index in [-0.39, 0.29) is 24.3 Å². The lowest BCUT2D eigenvalue weighted by atomic mass is 10.0. The molecular weight excluding hydrogens is 254 g/mol. The van der Waals surface area contributed by atoms with Gasteiger partial charge in [0, 0.05) is 32.1 Å². The molecule has 3 aliphatic carbocycles. The molecule has 4 unspecified atom stereocenters. The van der Waals surface area contributed by atoms with E-state index < -0.39 is 0 Å². The van der Waals surface area contributed by atoms with Crippen molar-refractivity contribution < 1.29 is 9.59 Å². The van der Waals surface area contributed by atoms with Crippen LogP contribution in [0.15, 0.2) is 0 Å². The molecule has 2 amide bonds. The maximum Gasteiger partial charge on any atom is 0.242 e. The number of carbonyl (C=O) groups excluding carboxylic acids is 2. The van der Waals surface area contributed by atoms with Crippen LogP contribution in [0.4, 0.5) is 0 Å². The summed E-state index contributed by atoms with van der Waals surface area (Å²) in [6.07, 6.45) is 4.02. The molecule has 4 aliphatic rings. The SMILES string of the molecule is O=C(NCC(=O)N1CCNCC1)C1C2C3CCC(C3)C12. The average Bonchev–Trinajstić information content (AvgIpc) is 2.93. The zero-order valence-electron chi connectivity index (χ0n) is 11.8. The Bertz CT molecular complexity index is 417. The van der Waals surface area contributed by atoms with Crippen molar-refractivity contribution in [3.05, 3.63) is 0 Å². The maximum absolute atomic E-state index is 12.2. The van der Waals surface area contributed by atoms with Crippen molar-refractivity contribution in [2.24, 2.45) is 29.6 Å². The number of nitrogens with one attached hydrogen (secondary N) is 2. The van der Waals surface area contributed by atoms with Gasteiger partial charge < -0.3 is 15.5 Å². The highest BCUT2D eigenvalue weighted by atomic mass is 16.2. The molecule has 0 spiro atoms. The first-order valence-electron chi connectivity index (χ1n) is 8.02. The van der Waals surface area contributed by atoms with Gasteiger partial charge in [-0.15, -0.1) is 0 Å². The second kappa shape index (κ2) is 4.72. The summed E-state index contributed by atoms with van der Waals surface area (Å²) in [6, 6.07) is 0. The third-order valence-corrected chi connectivity index (χ3v) is 5.92. The highest BCUT2D eigenvalue weighted by molar-refractivity contribution is 5.88. The number of carbonyl (C=O) groups is 2. The van der Waals surface area contributed by atoms with Gasteiger partial charge in [-0.1, -0.05) is 0 Å². The van der Waals surface area contributed by atoms with E-state index in [4.69, 9.17) is 0 Å². The summed E-state index contributed by atoms with van der Waals surface area (Å²) in [5, 5.41) is 6.11. The Morgan fingerprint density at radius 1 is 1.10 bits per heavy atom. The van der Waals surface area contributed by atoms with Gasteiger partial charge in [0.1, 0.15) is 0 Å². The molecule has 2 N–H and O–H groups in total. The van der Waals surface area contributed by atoms with E-state index in [1.807, 2.05) is 4.90 Å². The zero-order valence-corrected chi connectivity index (χ0v) is 11.8. The number of hydrogen-bond acceptors (Lipinski definition) is 3. The molecule has 1 saturated heterocycles. The van der Waals surface area contributed by atoms with Crippen LogP contribution >= 0.6 is 0 Å². The first kappa shape index (κ1) is 12.6. The topological polar surface area (TPSA) is 61.4 Å². The number of rotatable bonds is 3. The molecule has 2 bridgehead atoms. The molecule has 5 nitrogen and oxygen atoms in total. The van der Waals surface area contributed by atoms with Crippen LogP contribution < -0.4 is 10.6 Å². The minimum Gasteiger partial charge on any atom is -0.347 e. The quantitative estimate of drug-likeness (QED) is 0.753. The number of hydrogen-bond donors (Lipinski definition) is 2. The normalized spacial score (nSPS) is 41.4. The Hall–Kier alpha value is -1.10. The van der Waals surface area contributed by atoms with E-state index in [0.29, 0.717) is 11.8 Å². The van der Waals surface area contributed by atoms with Gasteiger partial charge in [-0.3, -0.25) is 9.59 Å². The molecule has 1 aliphatic heterocycles. The van der Waals surface area contributed by atoms with Crippen LogP contribution in [0.2, 0.25) is 0 Å². The van der Waals surface area contributed by atoms with Crippen LogP contribution in [0.3, 0.4) is 0 Å². The lowest BCUT2D eigenvalue weighted by molar-refractivity contribution is -0.133. The maximum atomic E-state index is 12.2. The predicted octanol–water partition coefficient (Wildman–Crippen LogP) is -0.173. The Balaban J connectivity index is 1.26. The van der Waals surface area contributed by atoms with Crippen molar-refractivity contribution in [2.75, 3.05) is 32.7 Å². The van der Waals surface area contributed by atoms with Crippen molar-refractivity contribution >= 4 is 11.8 Å². The van der Waals surface area contributed by atoms with Gasteiger partial charge in [-0.25, -0.2) is 0 Å². The Kier molecular flexibility index (Phi) is 2.98. The molecule has 4 fully saturated rings. The third kappa shape index (κ3) is 1.94. The molecule has 4 rings (SSSR count). The lowest BCUT2D eigenvalue weighted by Gasteiger charge is -2.27. The van der Waals surface area contributed by atoms with E-state index in [9.17, 15) is 9.59 Å². The molecule has 0 radical (unpaired) electrons. The van der Waals surface area contributed by atoms with Gasteiger partial charge in [0.2, 0.25) is 11.8 Å². The van der Waals surface area contributed by atoms with E-state index >= 15 is 0 Å². The van der Waals surface area contributed by atoms with E-state index in [2.05, 4.69) is 10.6 Å². The summed E-state index contributed by atoms with van der Waals surface area (Å²) in [5.74, 6) is 3.37. The van der Waals surface area contributed by atoms with Crippen molar-refractivity contribution in [3.8, 4) is 0 Å². The summed E-state index contributed by atoms with van der Waals surface area (Å²) in [6.45, 7) is 3.41. The second-order valence-corrected chi connectivity index (χ2v) is 6.86. The molecular formula is C15H23N3O2. The summed E-state index contributed by atoms with van der Waals surface area (Å²) >= 11 is 0. The van der Waals surface area contributed by atoms with Gasteiger partial charge in [0.25, 0.3) is 0 Å². The minimum absolute atomic E-state index is 0.0635. The summed E-state index contributed by atoms with van der Waals surface area (Å²) < 4.78 is 0.